The highest BCUT2D eigenvalue weighted by molar-refractivity contribution is 5.73. The van der Waals surface area contributed by atoms with Gasteiger partial charge >= 0.3 is 6.03 Å². The second-order valence-corrected chi connectivity index (χ2v) is 3.39. The van der Waals surface area contributed by atoms with Gasteiger partial charge in [0.1, 0.15) is 0 Å². The Morgan fingerprint density at radius 3 is 2.80 bits per heavy atom. The van der Waals surface area contributed by atoms with Gasteiger partial charge in [-0.1, -0.05) is 12.2 Å². The maximum absolute atomic E-state index is 11.3. The van der Waals surface area contributed by atoms with Gasteiger partial charge in [0.2, 0.25) is 0 Å². The van der Waals surface area contributed by atoms with E-state index in [0.717, 1.165) is 5.57 Å². The third-order valence-corrected chi connectivity index (χ3v) is 1.65. The zero-order valence-electron chi connectivity index (χ0n) is 9.45. The van der Waals surface area contributed by atoms with Gasteiger partial charge in [0.25, 0.3) is 0 Å². The number of rotatable bonds is 7. The fourth-order valence-corrected chi connectivity index (χ4v) is 0.863. The monoisotopic (exact) mass is 216 g/mol. The molecular formula is C10H20N2O3. The number of likely N-dealkylation sites (N-methyl/N-ethyl adjacent to an activating group) is 1. The zero-order chi connectivity index (χ0) is 11.7. The van der Waals surface area contributed by atoms with Gasteiger partial charge in [-0.3, -0.25) is 0 Å². The van der Waals surface area contributed by atoms with Crippen molar-refractivity contribution in [1.29, 1.82) is 0 Å². The van der Waals surface area contributed by atoms with E-state index in [4.69, 9.17) is 9.84 Å². The SMILES string of the molecule is C=C(C)COCCNC(=O)N(C)CCO. The molecule has 0 unspecified atom stereocenters. The fourth-order valence-electron chi connectivity index (χ4n) is 0.863. The quantitative estimate of drug-likeness (QED) is 0.472. The van der Waals surface area contributed by atoms with E-state index in [9.17, 15) is 4.79 Å². The number of aliphatic hydroxyl groups is 1. The number of carbonyl (C=O) groups excluding carboxylic acids is 1. The summed E-state index contributed by atoms with van der Waals surface area (Å²) in [5, 5.41) is 11.3. The molecule has 0 saturated carbocycles. The molecule has 0 saturated heterocycles. The minimum atomic E-state index is -0.206. The van der Waals surface area contributed by atoms with Crippen molar-refractivity contribution in [1.82, 2.24) is 10.2 Å². The Morgan fingerprint density at radius 2 is 2.27 bits per heavy atom. The topological polar surface area (TPSA) is 61.8 Å². The first-order chi connectivity index (χ1) is 7.07. The predicted octanol–water partition coefficient (Wildman–Crippen LogP) is 0.213. The van der Waals surface area contributed by atoms with Crippen LogP contribution in [0.2, 0.25) is 0 Å². The first-order valence-electron chi connectivity index (χ1n) is 4.90. The van der Waals surface area contributed by atoms with Crippen molar-refractivity contribution < 1.29 is 14.6 Å². The van der Waals surface area contributed by atoms with Crippen LogP contribution in [0.4, 0.5) is 4.79 Å². The highest BCUT2D eigenvalue weighted by Crippen LogP contribution is 1.87. The van der Waals surface area contributed by atoms with Crippen LogP contribution < -0.4 is 5.32 Å². The molecule has 5 nitrogen and oxygen atoms in total. The highest BCUT2D eigenvalue weighted by Gasteiger charge is 2.05. The first-order valence-corrected chi connectivity index (χ1v) is 4.90. The Bertz CT molecular complexity index is 207. The zero-order valence-corrected chi connectivity index (χ0v) is 9.45. The second kappa shape index (κ2) is 8.26. The number of ether oxygens (including phenoxy) is 1. The molecule has 0 aliphatic heterocycles. The molecule has 15 heavy (non-hydrogen) atoms. The van der Waals surface area contributed by atoms with Gasteiger partial charge in [-0.05, 0) is 6.92 Å². The molecule has 0 radical (unpaired) electrons. The van der Waals surface area contributed by atoms with Crippen molar-refractivity contribution in [2.75, 3.05) is 40.0 Å². The Balaban J connectivity index is 3.42. The van der Waals surface area contributed by atoms with Crippen molar-refractivity contribution in [3.8, 4) is 0 Å². The third kappa shape index (κ3) is 7.96. The number of nitrogens with zero attached hydrogens (tertiary/aromatic N) is 1. The van der Waals surface area contributed by atoms with E-state index < -0.39 is 0 Å². The van der Waals surface area contributed by atoms with Crippen LogP contribution in [0.5, 0.6) is 0 Å². The largest absolute Gasteiger partial charge is 0.395 e. The number of urea groups is 1. The number of hydrogen-bond acceptors (Lipinski definition) is 3. The van der Waals surface area contributed by atoms with Crippen molar-refractivity contribution in [3.05, 3.63) is 12.2 Å². The molecule has 0 aromatic heterocycles. The molecule has 5 heteroatoms. The van der Waals surface area contributed by atoms with Crippen molar-refractivity contribution in [2.24, 2.45) is 0 Å². The second-order valence-electron chi connectivity index (χ2n) is 3.39. The van der Waals surface area contributed by atoms with Crippen LogP contribution in [-0.4, -0.2) is 56.0 Å². The van der Waals surface area contributed by atoms with E-state index in [2.05, 4.69) is 11.9 Å². The Kier molecular flexibility index (Phi) is 7.67. The van der Waals surface area contributed by atoms with Crippen LogP contribution in [0.25, 0.3) is 0 Å². The summed E-state index contributed by atoms with van der Waals surface area (Å²) in [6.07, 6.45) is 0. The van der Waals surface area contributed by atoms with Gasteiger partial charge in [-0.25, -0.2) is 4.79 Å². The van der Waals surface area contributed by atoms with Gasteiger partial charge in [0.15, 0.2) is 0 Å². The number of carbonyl (C=O) groups is 1. The maximum Gasteiger partial charge on any atom is 0.317 e. The molecule has 0 aliphatic rings. The van der Waals surface area contributed by atoms with E-state index in [1.54, 1.807) is 7.05 Å². The van der Waals surface area contributed by atoms with Crippen LogP contribution in [0.3, 0.4) is 0 Å². The lowest BCUT2D eigenvalue weighted by Gasteiger charge is -2.16. The molecule has 0 aromatic carbocycles. The Hall–Kier alpha value is -1.07. The lowest BCUT2D eigenvalue weighted by molar-refractivity contribution is 0.152. The molecule has 0 heterocycles. The molecule has 0 atom stereocenters. The van der Waals surface area contributed by atoms with E-state index in [-0.39, 0.29) is 12.6 Å². The van der Waals surface area contributed by atoms with Gasteiger partial charge in [-0.2, -0.15) is 0 Å². The number of amides is 2. The summed E-state index contributed by atoms with van der Waals surface area (Å²) >= 11 is 0. The number of aliphatic hydroxyl groups excluding tert-OH is 1. The summed E-state index contributed by atoms with van der Waals surface area (Å²) in [6, 6.07) is -0.206. The van der Waals surface area contributed by atoms with E-state index in [0.29, 0.717) is 26.3 Å². The van der Waals surface area contributed by atoms with E-state index in [1.807, 2.05) is 6.92 Å². The molecule has 2 N–H and O–H groups in total. The summed E-state index contributed by atoms with van der Waals surface area (Å²) in [5.41, 5.74) is 0.957. The van der Waals surface area contributed by atoms with Crippen LogP contribution in [0, 0.1) is 0 Å². The molecule has 0 spiro atoms. The Morgan fingerprint density at radius 1 is 1.60 bits per heavy atom. The highest BCUT2D eigenvalue weighted by atomic mass is 16.5. The molecule has 0 aromatic rings. The molecular weight excluding hydrogens is 196 g/mol. The first kappa shape index (κ1) is 13.9. The van der Waals surface area contributed by atoms with Gasteiger partial charge in [-0.15, -0.1) is 0 Å². The van der Waals surface area contributed by atoms with Gasteiger partial charge in [0.05, 0.1) is 19.8 Å². The van der Waals surface area contributed by atoms with Crippen LogP contribution in [-0.2, 0) is 4.74 Å². The van der Waals surface area contributed by atoms with Gasteiger partial charge < -0.3 is 20.1 Å². The average Bonchev–Trinajstić information content (AvgIpc) is 2.16. The minimum absolute atomic E-state index is 0.0317. The normalized spacial score (nSPS) is 9.80. The maximum atomic E-state index is 11.3. The van der Waals surface area contributed by atoms with E-state index >= 15 is 0 Å². The van der Waals surface area contributed by atoms with Crippen LogP contribution in [0.15, 0.2) is 12.2 Å². The lowest BCUT2D eigenvalue weighted by atomic mass is 10.4. The summed E-state index contributed by atoms with van der Waals surface area (Å²) in [6.45, 7) is 7.32. The van der Waals surface area contributed by atoms with Crippen LogP contribution >= 0.6 is 0 Å². The van der Waals surface area contributed by atoms with Crippen molar-refractivity contribution in [2.45, 2.75) is 6.92 Å². The average molecular weight is 216 g/mol. The summed E-state index contributed by atoms with van der Waals surface area (Å²) in [5.74, 6) is 0. The predicted molar refractivity (Wildman–Crippen MR) is 58.7 cm³/mol. The molecule has 0 aliphatic carbocycles. The smallest absolute Gasteiger partial charge is 0.317 e. The van der Waals surface area contributed by atoms with Crippen LogP contribution in [0.1, 0.15) is 6.92 Å². The molecule has 0 fully saturated rings. The van der Waals surface area contributed by atoms with Crippen molar-refractivity contribution >= 4 is 6.03 Å². The third-order valence-electron chi connectivity index (χ3n) is 1.65. The molecule has 88 valence electrons. The number of nitrogens with one attached hydrogen (secondary N) is 1. The molecule has 2 amide bonds. The lowest BCUT2D eigenvalue weighted by Crippen LogP contribution is -2.40. The standard InChI is InChI=1S/C10H20N2O3/c1-9(2)8-15-7-4-11-10(14)12(3)5-6-13/h13H,1,4-8H2,2-3H3,(H,11,14). The number of hydrogen-bond donors (Lipinski definition) is 2. The van der Waals surface area contributed by atoms with Gasteiger partial charge in [0, 0.05) is 20.1 Å². The Labute approximate surface area is 90.7 Å². The summed E-state index contributed by atoms with van der Waals surface area (Å²) in [4.78, 5) is 12.7. The summed E-state index contributed by atoms with van der Waals surface area (Å²) in [7, 11) is 1.63. The van der Waals surface area contributed by atoms with Crippen molar-refractivity contribution in [3.63, 3.8) is 0 Å². The minimum Gasteiger partial charge on any atom is -0.395 e. The summed E-state index contributed by atoms with van der Waals surface area (Å²) < 4.78 is 5.20. The fraction of sp³-hybridized carbons (Fsp3) is 0.700. The molecule has 0 bridgehead atoms. The van der Waals surface area contributed by atoms with E-state index in [1.165, 1.54) is 4.90 Å². The molecule has 0 rings (SSSR count).